The van der Waals surface area contributed by atoms with Gasteiger partial charge in [0, 0.05) is 19.1 Å². The van der Waals surface area contributed by atoms with Gasteiger partial charge in [0.2, 0.25) is 0 Å². The predicted octanol–water partition coefficient (Wildman–Crippen LogP) is 2.56. The molecule has 1 amide bonds. The minimum Gasteiger partial charge on any atom is -0.369 e. The minimum absolute atomic E-state index is 0.00995. The van der Waals surface area contributed by atoms with Crippen LogP contribution in [0.5, 0.6) is 0 Å². The molecule has 1 saturated heterocycles. The van der Waals surface area contributed by atoms with Crippen LogP contribution < -0.4 is 5.32 Å². The highest BCUT2D eigenvalue weighted by molar-refractivity contribution is 5.92. The van der Waals surface area contributed by atoms with Crippen molar-refractivity contribution in [2.75, 3.05) is 18.4 Å². The first-order chi connectivity index (χ1) is 9.63. The van der Waals surface area contributed by atoms with Crippen LogP contribution in [0.15, 0.2) is 12.4 Å². The standard InChI is InChI=1S/C15H24N4O/c1-4-7-16-14-10-17-12(9-18-14)15(20)19-8-5-6-13(19)11(2)3/h9-11,13H,4-8H2,1-3H3,(H,16,18). The number of anilines is 1. The molecule has 1 aromatic rings. The normalized spacial score (nSPS) is 18.6. The van der Waals surface area contributed by atoms with E-state index in [1.54, 1.807) is 12.4 Å². The van der Waals surface area contributed by atoms with Crippen LogP contribution in [0.25, 0.3) is 0 Å². The van der Waals surface area contributed by atoms with Gasteiger partial charge in [-0.15, -0.1) is 0 Å². The Morgan fingerprint density at radius 2 is 2.25 bits per heavy atom. The smallest absolute Gasteiger partial charge is 0.274 e. The number of hydrogen-bond donors (Lipinski definition) is 1. The van der Waals surface area contributed by atoms with Gasteiger partial charge in [-0.3, -0.25) is 4.79 Å². The third-order valence-corrected chi connectivity index (χ3v) is 3.76. The number of carbonyl (C=O) groups is 1. The number of hydrogen-bond acceptors (Lipinski definition) is 4. The average Bonchev–Trinajstić information content (AvgIpc) is 2.94. The Hall–Kier alpha value is -1.65. The van der Waals surface area contributed by atoms with Crippen molar-refractivity contribution in [2.24, 2.45) is 5.92 Å². The molecule has 0 saturated carbocycles. The highest BCUT2D eigenvalue weighted by Crippen LogP contribution is 2.25. The van der Waals surface area contributed by atoms with E-state index in [-0.39, 0.29) is 5.91 Å². The second-order valence-corrected chi connectivity index (χ2v) is 5.67. The van der Waals surface area contributed by atoms with Crippen LogP contribution in [0.3, 0.4) is 0 Å². The van der Waals surface area contributed by atoms with Crippen LogP contribution in [-0.2, 0) is 0 Å². The molecule has 1 aliphatic rings. The molecule has 5 nitrogen and oxygen atoms in total. The van der Waals surface area contributed by atoms with Gasteiger partial charge in [-0.25, -0.2) is 9.97 Å². The van der Waals surface area contributed by atoms with E-state index in [0.29, 0.717) is 17.7 Å². The molecule has 110 valence electrons. The fourth-order valence-corrected chi connectivity index (χ4v) is 2.67. The first kappa shape index (κ1) is 14.8. The SMILES string of the molecule is CCCNc1cnc(C(=O)N2CCCC2C(C)C)cn1. The summed E-state index contributed by atoms with van der Waals surface area (Å²) in [5.74, 6) is 1.22. The maximum absolute atomic E-state index is 12.5. The van der Waals surface area contributed by atoms with E-state index in [0.717, 1.165) is 38.2 Å². The summed E-state index contributed by atoms with van der Waals surface area (Å²) in [4.78, 5) is 23.0. The number of likely N-dealkylation sites (tertiary alicyclic amines) is 1. The quantitative estimate of drug-likeness (QED) is 0.898. The molecule has 1 fully saturated rings. The van der Waals surface area contributed by atoms with E-state index in [1.807, 2.05) is 4.90 Å². The molecule has 1 N–H and O–H groups in total. The summed E-state index contributed by atoms with van der Waals surface area (Å²) in [7, 11) is 0. The van der Waals surface area contributed by atoms with E-state index in [9.17, 15) is 4.79 Å². The maximum atomic E-state index is 12.5. The summed E-state index contributed by atoms with van der Waals surface area (Å²) in [5.41, 5.74) is 0.444. The Morgan fingerprint density at radius 3 is 2.85 bits per heavy atom. The fourth-order valence-electron chi connectivity index (χ4n) is 2.67. The van der Waals surface area contributed by atoms with Crippen LogP contribution in [0.2, 0.25) is 0 Å². The zero-order chi connectivity index (χ0) is 14.5. The lowest BCUT2D eigenvalue weighted by molar-refractivity contribution is 0.0695. The van der Waals surface area contributed by atoms with Gasteiger partial charge in [-0.2, -0.15) is 0 Å². The molecule has 1 atom stereocenters. The van der Waals surface area contributed by atoms with Crippen LogP contribution in [0.1, 0.15) is 50.5 Å². The number of nitrogens with one attached hydrogen (secondary N) is 1. The average molecular weight is 276 g/mol. The van der Waals surface area contributed by atoms with Crippen molar-refractivity contribution < 1.29 is 4.79 Å². The molecule has 1 aromatic heterocycles. The number of amides is 1. The first-order valence-electron chi connectivity index (χ1n) is 7.50. The largest absolute Gasteiger partial charge is 0.369 e. The van der Waals surface area contributed by atoms with Gasteiger partial charge in [0.05, 0.1) is 12.4 Å². The van der Waals surface area contributed by atoms with Gasteiger partial charge in [0.1, 0.15) is 11.5 Å². The predicted molar refractivity (Wildman–Crippen MR) is 79.7 cm³/mol. The zero-order valence-electron chi connectivity index (χ0n) is 12.6. The summed E-state index contributed by atoms with van der Waals surface area (Å²) in [6.07, 6.45) is 6.43. The summed E-state index contributed by atoms with van der Waals surface area (Å²) < 4.78 is 0. The number of nitrogens with zero attached hydrogens (tertiary/aromatic N) is 3. The number of carbonyl (C=O) groups excluding carboxylic acids is 1. The maximum Gasteiger partial charge on any atom is 0.274 e. The molecule has 0 aromatic carbocycles. The van der Waals surface area contributed by atoms with Crippen LogP contribution in [0.4, 0.5) is 5.82 Å². The van der Waals surface area contributed by atoms with E-state index >= 15 is 0 Å². The molecule has 2 heterocycles. The molecular weight excluding hydrogens is 252 g/mol. The van der Waals surface area contributed by atoms with Crippen molar-refractivity contribution in [3.05, 3.63) is 18.1 Å². The van der Waals surface area contributed by atoms with E-state index in [2.05, 4.69) is 36.1 Å². The van der Waals surface area contributed by atoms with Crippen molar-refractivity contribution >= 4 is 11.7 Å². The summed E-state index contributed by atoms with van der Waals surface area (Å²) in [6.45, 7) is 8.12. The lowest BCUT2D eigenvalue weighted by Crippen LogP contribution is -2.38. The van der Waals surface area contributed by atoms with Gasteiger partial charge in [-0.1, -0.05) is 20.8 Å². The van der Waals surface area contributed by atoms with Gasteiger partial charge >= 0.3 is 0 Å². The molecule has 20 heavy (non-hydrogen) atoms. The first-order valence-corrected chi connectivity index (χ1v) is 7.50. The number of rotatable bonds is 5. The third kappa shape index (κ3) is 3.26. The van der Waals surface area contributed by atoms with Crippen LogP contribution in [-0.4, -0.2) is 39.9 Å². The monoisotopic (exact) mass is 276 g/mol. The second-order valence-electron chi connectivity index (χ2n) is 5.67. The molecule has 5 heteroatoms. The Morgan fingerprint density at radius 1 is 1.45 bits per heavy atom. The second kappa shape index (κ2) is 6.68. The molecule has 0 aliphatic carbocycles. The van der Waals surface area contributed by atoms with Gasteiger partial charge in [0.25, 0.3) is 5.91 Å². The minimum atomic E-state index is 0.00995. The van der Waals surface area contributed by atoms with Gasteiger partial charge in [-0.05, 0) is 25.2 Å². The lowest BCUT2D eigenvalue weighted by atomic mass is 10.0. The van der Waals surface area contributed by atoms with Crippen molar-refractivity contribution in [3.8, 4) is 0 Å². The van der Waals surface area contributed by atoms with Gasteiger partial charge < -0.3 is 10.2 Å². The lowest BCUT2D eigenvalue weighted by Gasteiger charge is -2.27. The Labute approximate surface area is 120 Å². The van der Waals surface area contributed by atoms with E-state index in [4.69, 9.17) is 0 Å². The van der Waals surface area contributed by atoms with E-state index < -0.39 is 0 Å². The molecule has 0 bridgehead atoms. The zero-order valence-corrected chi connectivity index (χ0v) is 12.6. The summed E-state index contributed by atoms with van der Waals surface area (Å²) in [5, 5.41) is 3.16. The van der Waals surface area contributed by atoms with Crippen molar-refractivity contribution in [2.45, 2.75) is 46.1 Å². The topological polar surface area (TPSA) is 58.1 Å². The van der Waals surface area contributed by atoms with Crippen LogP contribution in [0, 0.1) is 5.92 Å². The van der Waals surface area contributed by atoms with E-state index in [1.165, 1.54) is 0 Å². The molecule has 0 radical (unpaired) electrons. The molecule has 0 spiro atoms. The number of aromatic nitrogens is 2. The van der Waals surface area contributed by atoms with Crippen molar-refractivity contribution in [1.82, 2.24) is 14.9 Å². The highest BCUT2D eigenvalue weighted by atomic mass is 16.2. The van der Waals surface area contributed by atoms with Crippen LogP contribution >= 0.6 is 0 Å². The molecule has 1 aliphatic heterocycles. The highest BCUT2D eigenvalue weighted by Gasteiger charge is 2.31. The molecule has 2 rings (SSSR count). The Kier molecular flexibility index (Phi) is 4.93. The fraction of sp³-hybridized carbons (Fsp3) is 0.667. The summed E-state index contributed by atoms with van der Waals surface area (Å²) in [6, 6.07) is 0.335. The third-order valence-electron chi connectivity index (χ3n) is 3.76. The Balaban J connectivity index is 2.05. The van der Waals surface area contributed by atoms with Crippen molar-refractivity contribution in [3.63, 3.8) is 0 Å². The Bertz CT molecular complexity index is 444. The van der Waals surface area contributed by atoms with Crippen molar-refractivity contribution in [1.29, 1.82) is 0 Å². The molecular formula is C15H24N4O. The van der Waals surface area contributed by atoms with Gasteiger partial charge in [0.15, 0.2) is 0 Å². The summed E-state index contributed by atoms with van der Waals surface area (Å²) >= 11 is 0. The molecule has 1 unspecified atom stereocenters.